The molecule has 1 aromatic rings. The van der Waals surface area contributed by atoms with Crippen molar-refractivity contribution in [1.82, 2.24) is 4.90 Å². The Morgan fingerprint density at radius 3 is 2.58 bits per heavy atom. The van der Waals surface area contributed by atoms with Crippen molar-refractivity contribution in [2.75, 3.05) is 6.54 Å². The van der Waals surface area contributed by atoms with E-state index in [2.05, 4.69) is 26.9 Å². The van der Waals surface area contributed by atoms with Crippen molar-refractivity contribution in [3.05, 3.63) is 34.3 Å². The van der Waals surface area contributed by atoms with E-state index in [9.17, 15) is 4.79 Å². The summed E-state index contributed by atoms with van der Waals surface area (Å²) in [5.74, 6) is 0.272. The van der Waals surface area contributed by atoms with Crippen molar-refractivity contribution in [3.8, 4) is 0 Å². The molecule has 3 rings (SSSR count). The first-order valence-electron chi connectivity index (χ1n) is 6.91. The molecule has 0 heterocycles. The zero-order valence-corrected chi connectivity index (χ0v) is 12.5. The number of hydrogen-bond acceptors (Lipinski definition) is 2. The van der Waals surface area contributed by atoms with Gasteiger partial charge in [0.05, 0.1) is 5.41 Å². The van der Waals surface area contributed by atoms with E-state index in [1.54, 1.807) is 0 Å². The van der Waals surface area contributed by atoms with Gasteiger partial charge in [0.15, 0.2) is 0 Å². The van der Waals surface area contributed by atoms with Gasteiger partial charge >= 0.3 is 0 Å². The monoisotopic (exact) mass is 322 g/mol. The van der Waals surface area contributed by atoms with Crippen LogP contribution in [0.4, 0.5) is 0 Å². The molecule has 1 aromatic carbocycles. The lowest BCUT2D eigenvalue weighted by atomic mass is 10.0. The van der Waals surface area contributed by atoms with Crippen LogP contribution in [0, 0.1) is 5.41 Å². The van der Waals surface area contributed by atoms with Crippen LogP contribution in [0.1, 0.15) is 31.2 Å². The average Bonchev–Trinajstić information content (AvgIpc) is 3.29. The standard InChI is InChI=1S/C15H19BrN2O/c16-13-4-2-1-3-11(13)9-18(12-5-6-12)14(19)15(10-17)7-8-15/h1-4,12H,5-10,17H2. The maximum atomic E-state index is 12.7. The van der Waals surface area contributed by atoms with E-state index in [-0.39, 0.29) is 11.3 Å². The predicted octanol–water partition coefficient (Wildman–Crippen LogP) is 2.68. The van der Waals surface area contributed by atoms with Crippen molar-refractivity contribution < 1.29 is 4.79 Å². The quantitative estimate of drug-likeness (QED) is 0.905. The van der Waals surface area contributed by atoms with Gasteiger partial charge in [-0.05, 0) is 37.3 Å². The van der Waals surface area contributed by atoms with Gasteiger partial charge in [0, 0.05) is 23.6 Å². The van der Waals surface area contributed by atoms with Gasteiger partial charge < -0.3 is 10.6 Å². The zero-order valence-electron chi connectivity index (χ0n) is 10.9. The second-order valence-electron chi connectivity index (χ2n) is 5.74. The van der Waals surface area contributed by atoms with Gasteiger partial charge in [-0.15, -0.1) is 0 Å². The van der Waals surface area contributed by atoms with Crippen LogP contribution in [-0.2, 0) is 11.3 Å². The van der Waals surface area contributed by atoms with Crippen LogP contribution in [0.3, 0.4) is 0 Å². The lowest BCUT2D eigenvalue weighted by Crippen LogP contribution is -2.41. The summed E-state index contributed by atoms with van der Waals surface area (Å²) in [6, 6.07) is 8.56. The van der Waals surface area contributed by atoms with Gasteiger partial charge in [-0.3, -0.25) is 4.79 Å². The van der Waals surface area contributed by atoms with Crippen LogP contribution < -0.4 is 5.73 Å². The van der Waals surface area contributed by atoms with Gasteiger partial charge in [0.25, 0.3) is 0 Å². The Balaban J connectivity index is 1.79. The summed E-state index contributed by atoms with van der Waals surface area (Å²) in [7, 11) is 0. The second kappa shape index (κ2) is 4.91. The zero-order chi connectivity index (χ0) is 13.5. The highest BCUT2D eigenvalue weighted by Crippen LogP contribution is 2.48. The first-order valence-corrected chi connectivity index (χ1v) is 7.70. The molecular formula is C15H19BrN2O. The number of benzene rings is 1. The molecule has 2 N–H and O–H groups in total. The fourth-order valence-corrected chi connectivity index (χ4v) is 2.93. The fraction of sp³-hybridized carbons (Fsp3) is 0.533. The van der Waals surface area contributed by atoms with Crippen molar-refractivity contribution >= 4 is 21.8 Å². The maximum absolute atomic E-state index is 12.7. The second-order valence-corrected chi connectivity index (χ2v) is 6.59. The number of hydrogen-bond donors (Lipinski definition) is 1. The van der Waals surface area contributed by atoms with Crippen LogP contribution in [0.15, 0.2) is 28.7 Å². The third-order valence-electron chi connectivity index (χ3n) is 4.25. The van der Waals surface area contributed by atoms with Crippen molar-refractivity contribution in [2.24, 2.45) is 11.1 Å². The Kier molecular flexibility index (Phi) is 3.39. The highest BCUT2D eigenvalue weighted by Gasteiger charge is 2.52. The summed E-state index contributed by atoms with van der Waals surface area (Å²) < 4.78 is 1.08. The topological polar surface area (TPSA) is 46.3 Å². The molecule has 0 saturated heterocycles. The van der Waals surface area contributed by atoms with Crippen LogP contribution >= 0.6 is 15.9 Å². The molecule has 0 atom stereocenters. The van der Waals surface area contributed by atoms with Crippen LogP contribution in [-0.4, -0.2) is 23.4 Å². The van der Waals surface area contributed by atoms with E-state index in [1.807, 2.05) is 18.2 Å². The Morgan fingerprint density at radius 1 is 1.37 bits per heavy atom. The van der Waals surface area contributed by atoms with Crippen LogP contribution in [0.5, 0.6) is 0 Å². The molecule has 0 aromatic heterocycles. The number of amides is 1. The maximum Gasteiger partial charge on any atom is 0.230 e. The Labute approximate surface area is 122 Å². The molecule has 102 valence electrons. The molecule has 2 aliphatic carbocycles. The minimum Gasteiger partial charge on any atom is -0.335 e. The van der Waals surface area contributed by atoms with E-state index >= 15 is 0 Å². The molecule has 1 amide bonds. The molecule has 4 heteroatoms. The summed E-state index contributed by atoms with van der Waals surface area (Å²) in [6.07, 6.45) is 4.19. The number of nitrogens with zero attached hydrogens (tertiary/aromatic N) is 1. The Bertz CT molecular complexity index is 495. The normalized spacial score (nSPS) is 20.1. The lowest BCUT2D eigenvalue weighted by molar-refractivity contribution is -0.138. The van der Waals surface area contributed by atoms with Crippen molar-refractivity contribution in [1.29, 1.82) is 0 Å². The average molecular weight is 323 g/mol. The summed E-state index contributed by atoms with van der Waals surface area (Å²) in [4.78, 5) is 14.7. The molecule has 19 heavy (non-hydrogen) atoms. The first kappa shape index (κ1) is 13.1. The molecule has 2 aliphatic rings. The van der Waals surface area contributed by atoms with Gasteiger partial charge in [-0.2, -0.15) is 0 Å². The van der Waals surface area contributed by atoms with Crippen LogP contribution in [0.2, 0.25) is 0 Å². The highest BCUT2D eigenvalue weighted by molar-refractivity contribution is 9.10. The molecule has 0 radical (unpaired) electrons. The summed E-state index contributed by atoms with van der Waals surface area (Å²) >= 11 is 3.56. The van der Waals surface area contributed by atoms with E-state index in [4.69, 9.17) is 5.73 Å². The first-order chi connectivity index (χ1) is 9.16. The van der Waals surface area contributed by atoms with Gasteiger partial charge in [0.2, 0.25) is 5.91 Å². The Hall–Kier alpha value is -0.870. The third-order valence-corrected chi connectivity index (χ3v) is 5.02. The highest BCUT2D eigenvalue weighted by atomic mass is 79.9. The van der Waals surface area contributed by atoms with Gasteiger partial charge in [0.1, 0.15) is 0 Å². The van der Waals surface area contributed by atoms with Gasteiger partial charge in [-0.25, -0.2) is 0 Å². The number of rotatable bonds is 5. The number of halogens is 1. The molecule has 0 unspecified atom stereocenters. The van der Waals surface area contributed by atoms with Crippen LogP contribution in [0.25, 0.3) is 0 Å². The summed E-state index contributed by atoms with van der Waals surface area (Å²) in [5.41, 5.74) is 6.74. The number of nitrogens with two attached hydrogens (primary N) is 1. The van der Waals surface area contributed by atoms with E-state index in [1.165, 1.54) is 5.56 Å². The third kappa shape index (κ3) is 2.56. The molecule has 2 fully saturated rings. The Morgan fingerprint density at radius 2 is 2.05 bits per heavy atom. The number of carbonyl (C=O) groups excluding carboxylic acids is 1. The predicted molar refractivity (Wildman–Crippen MR) is 78.4 cm³/mol. The van der Waals surface area contributed by atoms with Crippen molar-refractivity contribution in [2.45, 2.75) is 38.3 Å². The lowest BCUT2D eigenvalue weighted by Gasteiger charge is -2.27. The smallest absolute Gasteiger partial charge is 0.230 e. The molecule has 2 saturated carbocycles. The van der Waals surface area contributed by atoms with E-state index in [0.29, 0.717) is 19.1 Å². The summed E-state index contributed by atoms with van der Waals surface area (Å²) in [6.45, 7) is 1.19. The molecule has 0 bridgehead atoms. The SMILES string of the molecule is NCC1(C(=O)N(Cc2ccccc2Br)C2CC2)CC1. The van der Waals surface area contributed by atoms with E-state index in [0.717, 1.165) is 30.2 Å². The minimum atomic E-state index is -0.232. The van der Waals surface area contributed by atoms with Crippen molar-refractivity contribution in [3.63, 3.8) is 0 Å². The molecule has 3 nitrogen and oxygen atoms in total. The molecular weight excluding hydrogens is 304 g/mol. The number of carbonyl (C=O) groups is 1. The van der Waals surface area contributed by atoms with Gasteiger partial charge in [-0.1, -0.05) is 34.1 Å². The fourth-order valence-electron chi connectivity index (χ4n) is 2.52. The van der Waals surface area contributed by atoms with E-state index < -0.39 is 0 Å². The summed E-state index contributed by atoms with van der Waals surface area (Å²) in [5, 5.41) is 0. The minimum absolute atomic E-state index is 0.232. The molecule has 0 aliphatic heterocycles. The largest absolute Gasteiger partial charge is 0.335 e. The molecule has 0 spiro atoms.